The van der Waals surface area contributed by atoms with E-state index in [-0.39, 0.29) is 0 Å². The fourth-order valence-electron chi connectivity index (χ4n) is 7.62. The topological polar surface area (TPSA) is 17.8 Å². The molecule has 9 aromatic carbocycles. The average molecular weight is 597 g/mol. The van der Waals surface area contributed by atoms with Crippen molar-refractivity contribution in [1.29, 1.82) is 0 Å². The number of fused-ring (bicyclic) bond motifs is 6. The highest BCUT2D eigenvalue weighted by Crippen LogP contribution is 2.42. The number of nitrogens with zero attached hydrogens (tertiary/aromatic N) is 2. The second-order valence-corrected chi connectivity index (χ2v) is 12.4. The Morgan fingerprint density at radius 3 is 1.72 bits per heavy atom. The summed E-state index contributed by atoms with van der Waals surface area (Å²) in [6.07, 6.45) is 0. The van der Waals surface area contributed by atoms with Gasteiger partial charge in [-0.15, -0.1) is 0 Å². The van der Waals surface area contributed by atoms with E-state index in [2.05, 4.69) is 168 Å². The van der Waals surface area contributed by atoms with Crippen LogP contribution in [0.2, 0.25) is 0 Å². The smallest absolute Gasteiger partial charge is 0.145 e. The minimum absolute atomic E-state index is 0.946. The molecule has 0 N–H and O–H groups in total. The zero-order valence-corrected chi connectivity index (χ0v) is 25.6. The first-order valence-corrected chi connectivity index (χ1v) is 16.1. The highest BCUT2D eigenvalue weighted by atomic mass is 15.1. The van der Waals surface area contributed by atoms with Gasteiger partial charge in [0.05, 0.1) is 11.0 Å². The molecule has 218 valence electrons. The van der Waals surface area contributed by atoms with Gasteiger partial charge in [0.1, 0.15) is 5.82 Å². The lowest BCUT2D eigenvalue weighted by molar-refractivity contribution is 1.10. The lowest BCUT2D eigenvalue weighted by atomic mass is 9.88. The molecular formula is C45H28N2. The summed E-state index contributed by atoms with van der Waals surface area (Å²) in [6.45, 7) is 0. The first-order chi connectivity index (χ1) is 23.3. The van der Waals surface area contributed by atoms with Crippen molar-refractivity contribution in [2.75, 3.05) is 0 Å². The van der Waals surface area contributed by atoms with Crippen molar-refractivity contribution in [3.63, 3.8) is 0 Å². The van der Waals surface area contributed by atoms with Crippen LogP contribution in [0.3, 0.4) is 0 Å². The monoisotopic (exact) mass is 596 g/mol. The van der Waals surface area contributed by atoms with Crippen molar-refractivity contribution < 1.29 is 0 Å². The Morgan fingerprint density at radius 1 is 0.362 bits per heavy atom. The third-order valence-electron chi connectivity index (χ3n) is 9.73. The van der Waals surface area contributed by atoms with Crippen LogP contribution < -0.4 is 0 Å². The summed E-state index contributed by atoms with van der Waals surface area (Å²) in [5.41, 5.74) is 6.67. The minimum Gasteiger partial charge on any atom is -0.292 e. The van der Waals surface area contributed by atoms with E-state index in [4.69, 9.17) is 4.98 Å². The van der Waals surface area contributed by atoms with Crippen molar-refractivity contribution >= 4 is 64.9 Å². The first kappa shape index (κ1) is 26.0. The molecule has 0 spiro atoms. The van der Waals surface area contributed by atoms with Gasteiger partial charge in [0.2, 0.25) is 0 Å². The molecule has 10 aromatic rings. The molecule has 0 aliphatic heterocycles. The standard InChI is InChI=1S/C45H28N2/c1-2-11-31(12-3-1)45-46-41-19-8-9-20-42(41)47(45)34-25-23-29(24-26-34)33-27-32-22-21-30-13-10-18-39-37-16-6-4-14-35(37)36-15-5-7-17-38(36)40(28-33)44(32)43(30)39/h1-28H. The lowest BCUT2D eigenvalue weighted by Crippen LogP contribution is -1.97. The van der Waals surface area contributed by atoms with E-state index >= 15 is 0 Å². The van der Waals surface area contributed by atoms with Gasteiger partial charge in [0, 0.05) is 11.3 Å². The summed E-state index contributed by atoms with van der Waals surface area (Å²) in [6, 6.07) is 61.6. The molecule has 0 fully saturated rings. The Morgan fingerprint density at radius 2 is 0.957 bits per heavy atom. The van der Waals surface area contributed by atoms with E-state index in [1.807, 2.05) is 6.07 Å². The van der Waals surface area contributed by atoms with Gasteiger partial charge in [0.15, 0.2) is 0 Å². The van der Waals surface area contributed by atoms with Crippen LogP contribution in [0.15, 0.2) is 170 Å². The number of rotatable bonds is 3. The van der Waals surface area contributed by atoms with Gasteiger partial charge in [-0.2, -0.15) is 0 Å². The molecule has 0 saturated carbocycles. The van der Waals surface area contributed by atoms with E-state index in [0.29, 0.717) is 0 Å². The summed E-state index contributed by atoms with van der Waals surface area (Å²) in [4.78, 5) is 5.04. The molecule has 2 nitrogen and oxygen atoms in total. The third-order valence-corrected chi connectivity index (χ3v) is 9.73. The van der Waals surface area contributed by atoms with E-state index in [1.165, 1.54) is 65.0 Å². The summed E-state index contributed by atoms with van der Waals surface area (Å²) < 4.78 is 2.27. The van der Waals surface area contributed by atoms with Crippen LogP contribution in [0.25, 0.3) is 93.1 Å². The van der Waals surface area contributed by atoms with Crippen LogP contribution in [0.1, 0.15) is 0 Å². The Bertz CT molecular complexity index is 2830. The molecule has 0 amide bonds. The van der Waals surface area contributed by atoms with E-state index in [1.54, 1.807) is 0 Å². The van der Waals surface area contributed by atoms with Gasteiger partial charge in [-0.1, -0.05) is 133 Å². The van der Waals surface area contributed by atoms with Crippen molar-refractivity contribution in [2.24, 2.45) is 0 Å². The van der Waals surface area contributed by atoms with E-state index < -0.39 is 0 Å². The van der Waals surface area contributed by atoms with Crippen LogP contribution in [0, 0.1) is 0 Å². The van der Waals surface area contributed by atoms with Gasteiger partial charge in [-0.05, 0) is 101 Å². The first-order valence-electron chi connectivity index (χ1n) is 16.1. The Kier molecular flexibility index (Phi) is 5.61. The highest BCUT2D eigenvalue weighted by Gasteiger charge is 2.16. The van der Waals surface area contributed by atoms with Gasteiger partial charge < -0.3 is 0 Å². The fourth-order valence-corrected chi connectivity index (χ4v) is 7.62. The predicted octanol–water partition coefficient (Wildman–Crippen LogP) is 12.1. The van der Waals surface area contributed by atoms with E-state index in [0.717, 1.165) is 28.1 Å². The van der Waals surface area contributed by atoms with Gasteiger partial charge in [-0.3, -0.25) is 4.57 Å². The average Bonchev–Trinajstić information content (AvgIpc) is 3.54. The number of hydrogen-bond acceptors (Lipinski definition) is 1. The largest absolute Gasteiger partial charge is 0.292 e. The normalized spacial score (nSPS) is 11.8. The molecular weight excluding hydrogens is 569 g/mol. The molecule has 0 bridgehead atoms. The van der Waals surface area contributed by atoms with Crippen LogP contribution >= 0.6 is 0 Å². The number of aromatic nitrogens is 2. The second kappa shape index (κ2) is 10.1. The molecule has 10 rings (SSSR count). The molecule has 0 radical (unpaired) electrons. The highest BCUT2D eigenvalue weighted by molar-refractivity contribution is 6.33. The number of para-hydroxylation sites is 2. The molecule has 1 heterocycles. The maximum absolute atomic E-state index is 5.04. The number of hydrogen-bond donors (Lipinski definition) is 0. The predicted molar refractivity (Wildman–Crippen MR) is 199 cm³/mol. The SMILES string of the molecule is c1ccc(-c2nc3ccccc3n2-c2ccc(-c3cc4ccc5cccc6c7ccccc7c7ccccc7c(c3)c4c56)cc2)cc1. The van der Waals surface area contributed by atoms with Crippen molar-refractivity contribution in [2.45, 2.75) is 0 Å². The molecule has 1 aromatic heterocycles. The Labute approximate surface area is 271 Å². The lowest BCUT2D eigenvalue weighted by Gasteiger charge is -2.15. The van der Waals surface area contributed by atoms with Crippen molar-refractivity contribution in [3.05, 3.63) is 170 Å². The molecule has 2 heteroatoms. The summed E-state index contributed by atoms with van der Waals surface area (Å²) in [7, 11) is 0. The maximum Gasteiger partial charge on any atom is 0.145 e. The number of imidazole rings is 1. The quantitative estimate of drug-likeness (QED) is 0.186. The zero-order valence-electron chi connectivity index (χ0n) is 25.6. The van der Waals surface area contributed by atoms with Crippen LogP contribution in [0.5, 0.6) is 0 Å². The third kappa shape index (κ3) is 3.95. The molecule has 0 unspecified atom stereocenters. The molecule has 47 heavy (non-hydrogen) atoms. The van der Waals surface area contributed by atoms with Gasteiger partial charge in [0.25, 0.3) is 0 Å². The van der Waals surface area contributed by atoms with Crippen LogP contribution in [0.4, 0.5) is 0 Å². The molecule has 0 aliphatic carbocycles. The van der Waals surface area contributed by atoms with Crippen molar-refractivity contribution in [1.82, 2.24) is 9.55 Å². The minimum atomic E-state index is 0.946. The number of benzene rings is 8. The summed E-state index contributed by atoms with van der Waals surface area (Å²) in [5.74, 6) is 0.946. The molecule has 0 atom stereocenters. The van der Waals surface area contributed by atoms with Crippen LogP contribution in [-0.2, 0) is 0 Å². The second-order valence-electron chi connectivity index (χ2n) is 12.4. The van der Waals surface area contributed by atoms with Gasteiger partial charge >= 0.3 is 0 Å². The van der Waals surface area contributed by atoms with Gasteiger partial charge in [-0.25, -0.2) is 4.98 Å². The Balaban J connectivity index is 1.23. The summed E-state index contributed by atoms with van der Waals surface area (Å²) in [5, 5.41) is 12.8. The van der Waals surface area contributed by atoms with Crippen molar-refractivity contribution in [3.8, 4) is 28.2 Å². The fraction of sp³-hybridized carbons (Fsp3) is 0. The summed E-state index contributed by atoms with van der Waals surface area (Å²) >= 11 is 0. The van der Waals surface area contributed by atoms with E-state index in [9.17, 15) is 0 Å². The van der Waals surface area contributed by atoms with Crippen LogP contribution in [-0.4, -0.2) is 9.55 Å². The maximum atomic E-state index is 5.04. The zero-order chi connectivity index (χ0) is 30.9. The Hall–Kier alpha value is -6.25. The molecule has 0 aliphatic rings. The molecule has 0 saturated heterocycles.